The molecule has 0 aliphatic heterocycles. The van der Waals surface area contributed by atoms with Crippen molar-refractivity contribution < 1.29 is 23.4 Å². The van der Waals surface area contributed by atoms with Crippen molar-refractivity contribution in [3.05, 3.63) is 76.2 Å². The molecule has 0 saturated carbocycles. The minimum atomic E-state index is -0.899. The van der Waals surface area contributed by atoms with Crippen LogP contribution in [0.2, 0.25) is 0 Å². The molecule has 0 unspecified atom stereocenters. The van der Waals surface area contributed by atoms with E-state index in [4.69, 9.17) is 4.89 Å². The number of carbonyl (C=O) groups excluding carboxylic acids is 1. The Kier molecular flexibility index (Phi) is 5.95. The zero-order chi connectivity index (χ0) is 19.4. The van der Waals surface area contributed by atoms with Gasteiger partial charge in [-0.25, -0.2) is 18.6 Å². The van der Waals surface area contributed by atoms with Gasteiger partial charge in [-0.1, -0.05) is 18.2 Å². The van der Waals surface area contributed by atoms with E-state index in [-0.39, 0.29) is 0 Å². The average Bonchev–Trinajstić information content (AvgIpc) is 3.01. The Morgan fingerprint density at radius 2 is 1.78 bits per heavy atom. The third kappa shape index (κ3) is 4.39. The molecule has 4 nitrogen and oxygen atoms in total. The molecule has 0 aliphatic rings. The van der Waals surface area contributed by atoms with E-state index in [0.717, 1.165) is 33.0 Å². The number of thiophene rings is 1. The van der Waals surface area contributed by atoms with Crippen molar-refractivity contribution in [1.29, 1.82) is 0 Å². The molecule has 1 heterocycles. The maximum atomic E-state index is 13.7. The number of anilines is 1. The first kappa shape index (κ1) is 19.2. The molecule has 0 aliphatic carbocycles. The van der Waals surface area contributed by atoms with Crippen LogP contribution >= 0.6 is 11.3 Å². The quantitative estimate of drug-likeness (QED) is 0.458. The van der Waals surface area contributed by atoms with Gasteiger partial charge in [0.05, 0.1) is 7.11 Å². The fourth-order valence-corrected chi connectivity index (χ4v) is 3.71. The minimum absolute atomic E-state index is 0.365. The molecule has 0 atom stereocenters. The van der Waals surface area contributed by atoms with Crippen molar-refractivity contribution in [2.75, 3.05) is 12.4 Å². The second-order valence-corrected chi connectivity index (χ2v) is 6.92. The molecule has 7 heteroatoms. The Labute approximate surface area is 159 Å². The summed E-state index contributed by atoms with van der Waals surface area (Å²) in [6.45, 7) is 2.36. The van der Waals surface area contributed by atoms with E-state index in [1.165, 1.54) is 13.2 Å². The van der Waals surface area contributed by atoms with Crippen LogP contribution in [0.5, 0.6) is 0 Å². The lowest BCUT2D eigenvalue weighted by molar-refractivity contribution is -0.281. The third-order valence-electron chi connectivity index (χ3n) is 3.88. The summed E-state index contributed by atoms with van der Waals surface area (Å²) >= 11 is 1.58. The minimum Gasteiger partial charge on any atom is -0.322 e. The molecule has 0 fully saturated rings. The Morgan fingerprint density at radius 3 is 2.41 bits per heavy atom. The standard InChI is InChI=1S/C20H17F2NO3S/c1-12-10-15(11-26-25-2)27-19(12)13-6-8-14(9-7-13)23-20(24)18-16(21)4-3-5-17(18)22/h3-10H,11H2,1-2H3,(H,23,24). The first-order valence-corrected chi connectivity index (χ1v) is 8.92. The zero-order valence-corrected chi connectivity index (χ0v) is 15.5. The number of rotatable bonds is 6. The number of halogens is 2. The van der Waals surface area contributed by atoms with E-state index in [9.17, 15) is 13.6 Å². The lowest BCUT2D eigenvalue weighted by Crippen LogP contribution is -2.15. The van der Waals surface area contributed by atoms with Crippen LogP contribution in [-0.4, -0.2) is 13.0 Å². The highest BCUT2D eigenvalue weighted by molar-refractivity contribution is 7.15. The molecule has 3 rings (SSSR count). The zero-order valence-electron chi connectivity index (χ0n) is 14.7. The molecule has 1 amide bonds. The van der Waals surface area contributed by atoms with Crippen molar-refractivity contribution in [1.82, 2.24) is 0 Å². The van der Waals surface area contributed by atoms with Gasteiger partial charge in [-0.3, -0.25) is 4.79 Å². The Hall–Kier alpha value is -2.61. The lowest BCUT2D eigenvalue weighted by atomic mass is 10.1. The van der Waals surface area contributed by atoms with Crippen LogP contribution in [0.1, 0.15) is 20.8 Å². The van der Waals surface area contributed by atoms with Crippen LogP contribution in [0.25, 0.3) is 10.4 Å². The second kappa shape index (κ2) is 8.39. The normalized spacial score (nSPS) is 10.8. The van der Waals surface area contributed by atoms with Crippen molar-refractivity contribution >= 4 is 22.9 Å². The Morgan fingerprint density at radius 1 is 1.11 bits per heavy atom. The Bertz CT molecular complexity index is 934. The summed E-state index contributed by atoms with van der Waals surface area (Å²) in [5.41, 5.74) is 1.91. The SMILES string of the molecule is COOCc1cc(C)c(-c2ccc(NC(=O)c3c(F)cccc3F)cc2)s1. The molecular formula is C20H17F2NO3S. The second-order valence-electron chi connectivity index (χ2n) is 5.78. The van der Waals surface area contributed by atoms with Gasteiger partial charge in [0.25, 0.3) is 5.91 Å². The van der Waals surface area contributed by atoms with Crippen molar-refractivity contribution in [3.8, 4) is 10.4 Å². The maximum Gasteiger partial charge on any atom is 0.261 e. The van der Waals surface area contributed by atoms with Gasteiger partial charge in [0.1, 0.15) is 23.8 Å². The highest BCUT2D eigenvalue weighted by atomic mass is 32.1. The summed E-state index contributed by atoms with van der Waals surface area (Å²) in [6.07, 6.45) is 0. The van der Waals surface area contributed by atoms with E-state index < -0.39 is 23.1 Å². The smallest absolute Gasteiger partial charge is 0.261 e. The summed E-state index contributed by atoms with van der Waals surface area (Å²) in [5.74, 6) is -2.63. The van der Waals surface area contributed by atoms with Crippen molar-refractivity contribution in [2.24, 2.45) is 0 Å². The van der Waals surface area contributed by atoms with Crippen molar-refractivity contribution in [3.63, 3.8) is 0 Å². The fourth-order valence-electron chi connectivity index (χ4n) is 2.64. The largest absolute Gasteiger partial charge is 0.322 e. The van der Waals surface area contributed by atoms with Crippen LogP contribution < -0.4 is 5.32 Å². The fraction of sp³-hybridized carbons (Fsp3) is 0.150. The van der Waals surface area contributed by atoms with Crippen LogP contribution in [-0.2, 0) is 16.4 Å². The van der Waals surface area contributed by atoms with E-state index in [1.54, 1.807) is 23.5 Å². The molecule has 0 bridgehead atoms. The molecule has 27 heavy (non-hydrogen) atoms. The van der Waals surface area contributed by atoms with Gasteiger partial charge >= 0.3 is 0 Å². The number of aryl methyl sites for hydroxylation is 1. The predicted octanol–water partition coefficient (Wildman–Crippen LogP) is 5.33. The van der Waals surface area contributed by atoms with Gasteiger partial charge in [-0.05, 0) is 48.4 Å². The van der Waals surface area contributed by atoms with E-state index in [1.807, 2.05) is 25.1 Å². The lowest BCUT2D eigenvalue weighted by Gasteiger charge is -2.08. The van der Waals surface area contributed by atoms with Crippen LogP contribution in [0, 0.1) is 18.6 Å². The first-order valence-electron chi connectivity index (χ1n) is 8.10. The number of nitrogens with one attached hydrogen (secondary N) is 1. The summed E-state index contributed by atoms with van der Waals surface area (Å²) in [4.78, 5) is 23.8. The molecule has 0 radical (unpaired) electrons. The summed E-state index contributed by atoms with van der Waals surface area (Å²) in [5, 5.41) is 2.51. The number of benzene rings is 2. The maximum absolute atomic E-state index is 13.7. The van der Waals surface area contributed by atoms with Gasteiger partial charge < -0.3 is 5.32 Å². The monoisotopic (exact) mass is 389 g/mol. The van der Waals surface area contributed by atoms with E-state index >= 15 is 0 Å². The van der Waals surface area contributed by atoms with Gasteiger partial charge in [0.2, 0.25) is 0 Å². The average molecular weight is 389 g/mol. The van der Waals surface area contributed by atoms with E-state index in [2.05, 4.69) is 10.2 Å². The summed E-state index contributed by atoms with van der Waals surface area (Å²) in [6, 6.07) is 12.4. The number of hydrogen-bond donors (Lipinski definition) is 1. The van der Waals surface area contributed by atoms with E-state index in [0.29, 0.717) is 12.3 Å². The third-order valence-corrected chi connectivity index (χ3v) is 5.14. The number of amides is 1. The molecule has 1 aromatic heterocycles. The molecule has 3 aromatic rings. The van der Waals surface area contributed by atoms with Gasteiger partial charge in [-0.2, -0.15) is 0 Å². The summed E-state index contributed by atoms with van der Waals surface area (Å²) < 4.78 is 27.4. The van der Waals surface area contributed by atoms with Crippen LogP contribution in [0.3, 0.4) is 0 Å². The molecule has 0 spiro atoms. The summed E-state index contributed by atoms with van der Waals surface area (Å²) in [7, 11) is 1.46. The molecule has 0 saturated heterocycles. The molecule has 2 aromatic carbocycles. The molecule has 1 N–H and O–H groups in total. The number of hydrogen-bond acceptors (Lipinski definition) is 4. The first-order chi connectivity index (χ1) is 13.0. The highest BCUT2D eigenvalue weighted by Crippen LogP contribution is 2.33. The number of carbonyl (C=O) groups is 1. The topological polar surface area (TPSA) is 47.6 Å². The van der Waals surface area contributed by atoms with Crippen molar-refractivity contribution in [2.45, 2.75) is 13.5 Å². The van der Waals surface area contributed by atoms with Gasteiger partial charge in [0, 0.05) is 15.4 Å². The Balaban J connectivity index is 1.76. The molecular weight excluding hydrogens is 372 g/mol. The predicted molar refractivity (Wildman–Crippen MR) is 101 cm³/mol. The van der Waals surface area contributed by atoms with Gasteiger partial charge in [-0.15, -0.1) is 11.3 Å². The van der Waals surface area contributed by atoms with Gasteiger partial charge in [0.15, 0.2) is 0 Å². The van der Waals surface area contributed by atoms with Crippen LogP contribution in [0.15, 0.2) is 48.5 Å². The molecule has 140 valence electrons. The van der Waals surface area contributed by atoms with Crippen LogP contribution in [0.4, 0.5) is 14.5 Å². The highest BCUT2D eigenvalue weighted by Gasteiger charge is 2.17.